The average molecular weight is 359 g/mol. The molecule has 2 unspecified atom stereocenters. The molecule has 1 aliphatic heterocycles. The fraction of sp³-hybridized carbons (Fsp3) is 0.714. The zero-order valence-electron chi connectivity index (χ0n) is 12.6. The second kappa shape index (κ2) is 7.38. The summed E-state index contributed by atoms with van der Waals surface area (Å²) in [5.74, 6) is 0. The van der Waals surface area contributed by atoms with Gasteiger partial charge in [0.2, 0.25) is 0 Å². The summed E-state index contributed by atoms with van der Waals surface area (Å²) in [5, 5.41) is 4.26. The minimum atomic E-state index is -0.126. The van der Waals surface area contributed by atoms with Gasteiger partial charge < -0.3 is 15.4 Å². The molecule has 6 nitrogen and oxygen atoms in total. The van der Waals surface area contributed by atoms with Crippen LogP contribution in [0.1, 0.15) is 26.2 Å². The van der Waals surface area contributed by atoms with Crippen LogP contribution in [0.15, 0.2) is 15.5 Å². The van der Waals surface area contributed by atoms with E-state index >= 15 is 0 Å². The van der Waals surface area contributed by atoms with Crippen molar-refractivity contribution in [3.8, 4) is 0 Å². The van der Waals surface area contributed by atoms with Crippen molar-refractivity contribution >= 4 is 21.6 Å². The summed E-state index contributed by atoms with van der Waals surface area (Å²) in [6.45, 7) is 3.84. The molecule has 2 N–H and O–H groups in total. The smallest absolute Gasteiger partial charge is 0.283 e. The van der Waals surface area contributed by atoms with Crippen LogP contribution in [0.4, 0.5) is 5.69 Å². The third kappa shape index (κ3) is 3.64. The minimum absolute atomic E-state index is 0.0631. The summed E-state index contributed by atoms with van der Waals surface area (Å²) in [4.78, 5) is 14.6. The molecular weight excluding hydrogens is 336 g/mol. The van der Waals surface area contributed by atoms with Gasteiger partial charge in [0.15, 0.2) is 0 Å². The van der Waals surface area contributed by atoms with Crippen LogP contribution >= 0.6 is 15.9 Å². The number of nitrogens with zero attached hydrogens (tertiary/aromatic N) is 3. The van der Waals surface area contributed by atoms with E-state index in [1.54, 1.807) is 13.3 Å². The Morgan fingerprint density at radius 2 is 2.33 bits per heavy atom. The standard InChI is InChI=1S/C14H23BrN4O2/c1-10(16)11-5-3-4-6-18(11)12-9-17-19(7-8-21-2)14(20)13(12)15/h9-11H,3-8,16H2,1-2H3. The van der Waals surface area contributed by atoms with Crippen LogP contribution in [0.5, 0.6) is 0 Å². The summed E-state index contributed by atoms with van der Waals surface area (Å²) < 4.78 is 6.97. The molecule has 0 amide bonds. The predicted molar refractivity (Wildman–Crippen MR) is 86.7 cm³/mol. The molecule has 7 heteroatoms. The number of hydrogen-bond acceptors (Lipinski definition) is 5. The Morgan fingerprint density at radius 3 is 3.00 bits per heavy atom. The maximum absolute atomic E-state index is 12.4. The molecule has 0 radical (unpaired) electrons. The molecular formula is C14H23BrN4O2. The Kier molecular flexibility index (Phi) is 5.78. The van der Waals surface area contributed by atoms with E-state index < -0.39 is 0 Å². The van der Waals surface area contributed by atoms with Crippen molar-refractivity contribution < 1.29 is 4.74 Å². The van der Waals surface area contributed by atoms with E-state index in [1.165, 1.54) is 11.1 Å². The second-order valence-corrected chi connectivity index (χ2v) is 6.27. The largest absolute Gasteiger partial charge is 0.383 e. The quantitative estimate of drug-likeness (QED) is 0.859. The summed E-state index contributed by atoms with van der Waals surface area (Å²) >= 11 is 3.44. The first-order valence-corrected chi connectivity index (χ1v) is 8.12. The lowest BCUT2D eigenvalue weighted by molar-refractivity contribution is 0.181. The van der Waals surface area contributed by atoms with E-state index in [1.807, 2.05) is 6.92 Å². The van der Waals surface area contributed by atoms with Crippen molar-refractivity contribution in [1.82, 2.24) is 9.78 Å². The number of nitrogens with two attached hydrogens (primary N) is 1. The zero-order chi connectivity index (χ0) is 15.4. The lowest BCUT2D eigenvalue weighted by Crippen LogP contribution is -2.50. The van der Waals surface area contributed by atoms with Gasteiger partial charge in [0.05, 0.1) is 25.0 Å². The lowest BCUT2D eigenvalue weighted by Gasteiger charge is -2.39. The number of rotatable bonds is 5. The number of ether oxygens (including phenoxy) is 1. The predicted octanol–water partition coefficient (Wildman–Crippen LogP) is 1.36. The molecule has 0 aliphatic carbocycles. The third-order valence-electron chi connectivity index (χ3n) is 3.94. The molecule has 2 rings (SSSR count). The van der Waals surface area contributed by atoms with Gasteiger partial charge in [-0.2, -0.15) is 5.10 Å². The Morgan fingerprint density at radius 1 is 1.57 bits per heavy atom. The first-order valence-electron chi connectivity index (χ1n) is 7.33. The first-order chi connectivity index (χ1) is 10.1. The number of halogens is 1. The number of hydrogen-bond donors (Lipinski definition) is 1. The first kappa shape index (κ1) is 16.5. The molecule has 1 fully saturated rings. The number of piperidine rings is 1. The molecule has 118 valence electrons. The average Bonchev–Trinajstić information content (AvgIpc) is 2.49. The van der Waals surface area contributed by atoms with Gasteiger partial charge in [-0.05, 0) is 42.1 Å². The monoisotopic (exact) mass is 358 g/mol. The second-order valence-electron chi connectivity index (χ2n) is 5.48. The van der Waals surface area contributed by atoms with E-state index in [0.29, 0.717) is 17.6 Å². The zero-order valence-corrected chi connectivity index (χ0v) is 14.2. The van der Waals surface area contributed by atoms with Crippen LogP contribution in [0.25, 0.3) is 0 Å². The third-order valence-corrected chi connectivity index (χ3v) is 4.68. The molecule has 0 saturated carbocycles. The van der Waals surface area contributed by atoms with Crippen LogP contribution < -0.4 is 16.2 Å². The van der Waals surface area contributed by atoms with Crippen LogP contribution in [-0.4, -0.2) is 42.1 Å². The van der Waals surface area contributed by atoms with Gasteiger partial charge in [-0.15, -0.1) is 0 Å². The van der Waals surface area contributed by atoms with E-state index in [0.717, 1.165) is 25.1 Å². The Hall–Kier alpha value is -0.920. The van der Waals surface area contributed by atoms with Crippen molar-refractivity contribution in [1.29, 1.82) is 0 Å². The van der Waals surface area contributed by atoms with Crippen molar-refractivity contribution in [2.75, 3.05) is 25.2 Å². The van der Waals surface area contributed by atoms with Crippen LogP contribution in [0.3, 0.4) is 0 Å². The Bertz CT molecular complexity index is 532. The Labute approximate surface area is 133 Å². The van der Waals surface area contributed by atoms with Gasteiger partial charge in [0.1, 0.15) is 4.47 Å². The number of anilines is 1. The van der Waals surface area contributed by atoms with E-state index in [9.17, 15) is 4.79 Å². The van der Waals surface area contributed by atoms with Gasteiger partial charge >= 0.3 is 0 Å². The molecule has 2 atom stereocenters. The van der Waals surface area contributed by atoms with Crippen molar-refractivity contribution in [3.63, 3.8) is 0 Å². The summed E-state index contributed by atoms with van der Waals surface area (Å²) in [6, 6.07) is 0.319. The highest BCUT2D eigenvalue weighted by atomic mass is 79.9. The van der Waals surface area contributed by atoms with Gasteiger partial charge in [-0.1, -0.05) is 0 Å². The minimum Gasteiger partial charge on any atom is -0.383 e. The summed E-state index contributed by atoms with van der Waals surface area (Å²) in [6.07, 6.45) is 5.10. The molecule has 1 aromatic rings. The highest BCUT2D eigenvalue weighted by molar-refractivity contribution is 9.10. The van der Waals surface area contributed by atoms with E-state index in [2.05, 4.69) is 25.9 Å². The van der Waals surface area contributed by atoms with Crippen molar-refractivity contribution in [2.24, 2.45) is 5.73 Å². The summed E-state index contributed by atoms with van der Waals surface area (Å²) in [5.41, 5.74) is 6.82. The molecule has 0 spiro atoms. The maximum Gasteiger partial charge on any atom is 0.283 e. The van der Waals surface area contributed by atoms with Gasteiger partial charge in [-0.25, -0.2) is 4.68 Å². The maximum atomic E-state index is 12.4. The van der Waals surface area contributed by atoms with Crippen LogP contribution in [-0.2, 0) is 11.3 Å². The topological polar surface area (TPSA) is 73.4 Å². The van der Waals surface area contributed by atoms with E-state index in [4.69, 9.17) is 10.5 Å². The van der Waals surface area contributed by atoms with Crippen LogP contribution in [0, 0.1) is 0 Å². The summed E-state index contributed by atoms with van der Waals surface area (Å²) in [7, 11) is 1.61. The van der Waals surface area contributed by atoms with Gasteiger partial charge in [0, 0.05) is 25.7 Å². The molecule has 1 saturated heterocycles. The lowest BCUT2D eigenvalue weighted by atomic mass is 9.96. The SMILES string of the molecule is COCCn1ncc(N2CCCCC2C(C)N)c(Br)c1=O. The van der Waals surface area contributed by atoms with Gasteiger partial charge in [-0.3, -0.25) is 4.79 Å². The molecule has 1 aromatic heterocycles. The molecule has 0 aromatic carbocycles. The number of methoxy groups -OCH3 is 1. The molecule has 1 aliphatic rings. The van der Waals surface area contributed by atoms with Gasteiger partial charge in [0.25, 0.3) is 5.56 Å². The van der Waals surface area contributed by atoms with Crippen molar-refractivity contribution in [2.45, 2.75) is 44.8 Å². The van der Waals surface area contributed by atoms with Crippen LogP contribution in [0.2, 0.25) is 0 Å². The highest BCUT2D eigenvalue weighted by Gasteiger charge is 2.28. The Balaban J connectivity index is 2.31. The van der Waals surface area contributed by atoms with E-state index in [-0.39, 0.29) is 17.6 Å². The highest BCUT2D eigenvalue weighted by Crippen LogP contribution is 2.29. The van der Waals surface area contributed by atoms with Crippen molar-refractivity contribution in [3.05, 3.63) is 21.0 Å². The molecule has 2 heterocycles. The fourth-order valence-corrected chi connectivity index (χ4v) is 3.33. The molecule has 0 bridgehead atoms. The number of aromatic nitrogens is 2. The normalized spacial score (nSPS) is 20.6. The molecule has 21 heavy (non-hydrogen) atoms. The fourth-order valence-electron chi connectivity index (χ4n) is 2.80.